The first kappa shape index (κ1) is 9.84. The number of aliphatic hydroxyl groups is 3. The molecule has 0 aliphatic heterocycles. The first-order valence-electron chi connectivity index (χ1n) is 3.23. The highest BCUT2D eigenvalue weighted by Crippen LogP contribution is 1.96. The largest absolute Gasteiger partial charge is 0.394 e. The summed E-state index contributed by atoms with van der Waals surface area (Å²) >= 11 is 0. The molecule has 0 rings (SSSR count). The molecule has 0 aromatic rings. The van der Waals surface area contributed by atoms with Gasteiger partial charge in [0.25, 0.3) is 0 Å². The topological polar surface area (TPSA) is 69.9 Å². The number of rotatable bonds is 5. The van der Waals surface area contributed by atoms with E-state index in [4.69, 9.17) is 20.1 Å². The summed E-state index contributed by atoms with van der Waals surface area (Å²) in [6.45, 7) is 1.36. The molecule has 0 spiro atoms. The van der Waals surface area contributed by atoms with Crippen LogP contribution in [0.1, 0.15) is 6.92 Å². The molecule has 10 heavy (non-hydrogen) atoms. The van der Waals surface area contributed by atoms with Gasteiger partial charge in [-0.25, -0.2) is 0 Å². The van der Waals surface area contributed by atoms with Crippen molar-refractivity contribution in [3.05, 3.63) is 0 Å². The Labute approximate surface area is 60.1 Å². The average molecular weight is 150 g/mol. The van der Waals surface area contributed by atoms with Gasteiger partial charge in [-0.1, -0.05) is 0 Å². The minimum absolute atomic E-state index is 0.0940. The quantitative estimate of drug-likeness (QED) is 0.457. The van der Waals surface area contributed by atoms with Crippen molar-refractivity contribution in [2.45, 2.75) is 19.1 Å². The molecule has 0 aromatic heterocycles. The molecule has 0 amide bonds. The van der Waals surface area contributed by atoms with Crippen molar-refractivity contribution in [1.29, 1.82) is 0 Å². The molecule has 0 bridgehead atoms. The molecule has 3 N–H and O–H groups in total. The van der Waals surface area contributed by atoms with Crippen LogP contribution in [0.2, 0.25) is 0 Å². The predicted octanol–water partition coefficient (Wildman–Crippen LogP) is -1.26. The van der Waals surface area contributed by atoms with Crippen LogP contribution >= 0.6 is 0 Å². The van der Waals surface area contributed by atoms with E-state index in [1.807, 2.05) is 0 Å². The van der Waals surface area contributed by atoms with E-state index in [-0.39, 0.29) is 19.8 Å². The molecule has 0 heterocycles. The number of hydrogen-bond acceptors (Lipinski definition) is 4. The molecule has 4 nitrogen and oxygen atoms in total. The third-order valence-corrected chi connectivity index (χ3v) is 1.14. The summed E-state index contributed by atoms with van der Waals surface area (Å²) in [7, 11) is 0. The van der Waals surface area contributed by atoms with Gasteiger partial charge in [0.05, 0.1) is 25.9 Å². The van der Waals surface area contributed by atoms with Crippen LogP contribution in [0.15, 0.2) is 0 Å². The Morgan fingerprint density at radius 1 is 1.40 bits per heavy atom. The van der Waals surface area contributed by atoms with Crippen molar-refractivity contribution in [3.63, 3.8) is 0 Å². The van der Waals surface area contributed by atoms with Gasteiger partial charge in [-0.3, -0.25) is 0 Å². The van der Waals surface area contributed by atoms with E-state index < -0.39 is 12.2 Å². The minimum atomic E-state index is -0.698. The summed E-state index contributed by atoms with van der Waals surface area (Å²) in [5.74, 6) is 0. The van der Waals surface area contributed by atoms with Crippen molar-refractivity contribution < 1.29 is 20.1 Å². The molecular weight excluding hydrogens is 136 g/mol. The Morgan fingerprint density at radius 3 is 2.30 bits per heavy atom. The lowest BCUT2D eigenvalue weighted by molar-refractivity contribution is -0.0644. The summed E-state index contributed by atoms with van der Waals surface area (Å²) in [5, 5.41) is 25.7. The van der Waals surface area contributed by atoms with Crippen molar-refractivity contribution in [2.24, 2.45) is 0 Å². The Balaban J connectivity index is 3.40. The standard InChI is InChI=1S/C6H14O4/c1-5(9)6(4-8)10-3-2-7/h5-9H,2-4H2,1H3/t5-,6-/m1/s1. The van der Waals surface area contributed by atoms with Crippen LogP contribution in [0, 0.1) is 0 Å². The van der Waals surface area contributed by atoms with Crippen LogP contribution in [0.5, 0.6) is 0 Å². The molecule has 0 fully saturated rings. The van der Waals surface area contributed by atoms with E-state index in [2.05, 4.69) is 0 Å². The van der Waals surface area contributed by atoms with Crippen LogP contribution in [0.25, 0.3) is 0 Å². The second-order valence-electron chi connectivity index (χ2n) is 2.06. The number of hydrogen-bond donors (Lipinski definition) is 3. The number of aliphatic hydroxyl groups excluding tert-OH is 3. The van der Waals surface area contributed by atoms with Gasteiger partial charge in [0.1, 0.15) is 6.10 Å². The summed E-state index contributed by atoms with van der Waals surface area (Å²) in [5.41, 5.74) is 0. The van der Waals surface area contributed by atoms with E-state index in [9.17, 15) is 0 Å². The highest BCUT2D eigenvalue weighted by atomic mass is 16.5. The summed E-state index contributed by atoms with van der Waals surface area (Å²) < 4.78 is 4.85. The zero-order valence-electron chi connectivity index (χ0n) is 6.03. The van der Waals surface area contributed by atoms with Gasteiger partial charge < -0.3 is 20.1 Å². The second-order valence-corrected chi connectivity index (χ2v) is 2.06. The maximum absolute atomic E-state index is 8.87. The van der Waals surface area contributed by atoms with Crippen molar-refractivity contribution in [1.82, 2.24) is 0 Å². The van der Waals surface area contributed by atoms with Crippen LogP contribution in [0.3, 0.4) is 0 Å². The smallest absolute Gasteiger partial charge is 0.106 e. The molecular formula is C6H14O4. The molecule has 0 radical (unpaired) electrons. The number of ether oxygens (including phenoxy) is 1. The highest BCUT2D eigenvalue weighted by molar-refractivity contribution is 4.61. The van der Waals surface area contributed by atoms with Gasteiger partial charge in [-0.15, -0.1) is 0 Å². The molecule has 0 aliphatic rings. The van der Waals surface area contributed by atoms with E-state index in [0.29, 0.717) is 0 Å². The van der Waals surface area contributed by atoms with E-state index in [1.54, 1.807) is 0 Å². The van der Waals surface area contributed by atoms with E-state index in [0.717, 1.165) is 0 Å². The SMILES string of the molecule is C[C@@H](O)[C@@H](CO)OCCO. The fourth-order valence-electron chi connectivity index (χ4n) is 0.549. The lowest BCUT2D eigenvalue weighted by Gasteiger charge is -2.16. The normalized spacial score (nSPS) is 16.8. The molecule has 0 unspecified atom stereocenters. The molecule has 0 aliphatic carbocycles. The van der Waals surface area contributed by atoms with Crippen molar-refractivity contribution in [2.75, 3.05) is 19.8 Å². The maximum Gasteiger partial charge on any atom is 0.106 e. The first-order valence-corrected chi connectivity index (χ1v) is 3.23. The fourth-order valence-corrected chi connectivity index (χ4v) is 0.549. The second kappa shape index (κ2) is 5.61. The zero-order valence-corrected chi connectivity index (χ0v) is 6.03. The summed E-state index contributed by atoms with van der Waals surface area (Å²) in [4.78, 5) is 0. The monoisotopic (exact) mass is 150 g/mol. The maximum atomic E-state index is 8.87. The van der Waals surface area contributed by atoms with Crippen LogP contribution in [-0.2, 0) is 4.74 Å². The van der Waals surface area contributed by atoms with E-state index >= 15 is 0 Å². The van der Waals surface area contributed by atoms with Gasteiger partial charge in [-0.05, 0) is 6.92 Å². The van der Waals surface area contributed by atoms with Gasteiger partial charge in [0.15, 0.2) is 0 Å². The van der Waals surface area contributed by atoms with Crippen LogP contribution in [0.4, 0.5) is 0 Å². The fraction of sp³-hybridized carbons (Fsp3) is 1.00. The van der Waals surface area contributed by atoms with Gasteiger partial charge in [0.2, 0.25) is 0 Å². The Kier molecular flexibility index (Phi) is 5.52. The lowest BCUT2D eigenvalue weighted by Crippen LogP contribution is -2.30. The third-order valence-electron chi connectivity index (χ3n) is 1.14. The Hall–Kier alpha value is -0.160. The van der Waals surface area contributed by atoms with E-state index in [1.165, 1.54) is 6.92 Å². The van der Waals surface area contributed by atoms with Crippen LogP contribution in [-0.4, -0.2) is 47.3 Å². The third kappa shape index (κ3) is 3.79. The molecule has 62 valence electrons. The first-order chi connectivity index (χ1) is 4.72. The molecule has 0 aromatic carbocycles. The molecule has 0 saturated carbocycles. The minimum Gasteiger partial charge on any atom is -0.394 e. The van der Waals surface area contributed by atoms with Crippen molar-refractivity contribution >= 4 is 0 Å². The average Bonchev–Trinajstić information content (AvgIpc) is 1.89. The Morgan fingerprint density at radius 2 is 2.00 bits per heavy atom. The molecule has 2 atom stereocenters. The summed E-state index contributed by atoms with van der Waals surface area (Å²) in [6, 6.07) is 0. The molecule has 0 saturated heterocycles. The van der Waals surface area contributed by atoms with Gasteiger partial charge in [-0.2, -0.15) is 0 Å². The van der Waals surface area contributed by atoms with Crippen molar-refractivity contribution in [3.8, 4) is 0 Å². The zero-order chi connectivity index (χ0) is 7.98. The molecule has 4 heteroatoms. The lowest BCUT2D eigenvalue weighted by atomic mass is 10.2. The van der Waals surface area contributed by atoms with Gasteiger partial charge in [0, 0.05) is 0 Å². The van der Waals surface area contributed by atoms with Gasteiger partial charge >= 0.3 is 0 Å². The predicted molar refractivity (Wildman–Crippen MR) is 35.6 cm³/mol. The highest BCUT2D eigenvalue weighted by Gasteiger charge is 2.12. The summed E-state index contributed by atoms with van der Waals surface area (Å²) in [6.07, 6.45) is -1.27. The Bertz CT molecular complexity index is 74.1. The van der Waals surface area contributed by atoms with Crippen LogP contribution < -0.4 is 0 Å².